The number of anilines is 1. The molecule has 3 rings (SSSR count). The van der Waals surface area contributed by atoms with Gasteiger partial charge in [-0.1, -0.05) is 11.6 Å². The van der Waals surface area contributed by atoms with Crippen molar-refractivity contribution in [1.29, 1.82) is 0 Å². The number of nitrogens with zero attached hydrogens (tertiary/aromatic N) is 6. The molecule has 0 fully saturated rings. The van der Waals surface area contributed by atoms with E-state index in [2.05, 4.69) is 20.1 Å². The van der Waals surface area contributed by atoms with Crippen LogP contribution < -0.4 is 5.73 Å². The number of hydrogen-bond acceptors (Lipinski definition) is 5. The average Bonchev–Trinajstić information content (AvgIpc) is 2.84. The number of aromatic nitrogens is 6. The Morgan fingerprint density at radius 1 is 1.39 bits per heavy atom. The molecule has 0 atom stereocenters. The van der Waals surface area contributed by atoms with Gasteiger partial charge in [0.1, 0.15) is 11.8 Å². The van der Waals surface area contributed by atoms with Gasteiger partial charge in [-0.2, -0.15) is 5.10 Å². The molecule has 0 saturated heterocycles. The molecule has 0 spiro atoms. The SMILES string of the molecule is Cn1cnc(Cn2c(N)nc3cc(Cl)cnc32)n1. The van der Waals surface area contributed by atoms with Gasteiger partial charge < -0.3 is 5.73 Å². The molecule has 0 bridgehead atoms. The zero-order valence-electron chi connectivity index (χ0n) is 9.58. The third-order valence-electron chi connectivity index (χ3n) is 2.53. The molecular weight excluding hydrogens is 254 g/mol. The van der Waals surface area contributed by atoms with Gasteiger partial charge in [0.15, 0.2) is 11.5 Å². The largest absolute Gasteiger partial charge is 0.369 e. The van der Waals surface area contributed by atoms with Crippen LogP contribution in [0.2, 0.25) is 5.02 Å². The van der Waals surface area contributed by atoms with Crippen molar-refractivity contribution in [2.24, 2.45) is 7.05 Å². The summed E-state index contributed by atoms with van der Waals surface area (Å²) < 4.78 is 3.38. The molecular formula is C10H10ClN7. The van der Waals surface area contributed by atoms with Crippen LogP contribution in [0.5, 0.6) is 0 Å². The van der Waals surface area contributed by atoms with Crippen molar-refractivity contribution in [2.75, 3.05) is 5.73 Å². The van der Waals surface area contributed by atoms with E-state index in [4.69, 9.17) is 17.3 Å². The average molecular weight is 264 g/mol. The molecule has 92 valence electrons. The molecule has 0 aromatic carbocycles. The minimum atomic E-state index is 0.368. The monoisotopic (exact) mass is 263 g/mol. The van der Waals surface area contributed by atoms with Gasteiger partial charge in [-0.05, 0) is 6.07 Å². The minimum Gasteiger partial charge on any atom is -0.369 e. The predicted molar refractivity (Wildman–Crippen MR) is 67.1 cm³/mol. The summed E-state index contributed by atoms with van der Waals surface area (Å²) in [6.07, 6.45) is 3.20. The van der Waals surface area contributed by atoms with E-state index < -0.39 is 0 Å². The molecule has 3 aromatic rings. The van der Waals surface area contributed by atoms with E-state index in [0.29, 0.717) is 34.5 Å². The molecule has 18 heavy (non-hydrogen) atoms. The van der Waals surface area contributed by atoms with Gasteiger partial charge in [0.25, 0.3) is 0 Å². The van der Waals surface area contributed by atoms with Crippen LogP contribution in [0.15, 0.2) is 18.6 Å². The van der Waals surface area contributed by atoms with Crippen molar-refractivity contribution in [3.63, 3.8) is 0 Å². The first-order valence-electron chi connectivity index (χ1n) is 5.25. The van der Waals surface area contributed by atoms with E-state index in [-0.39, 0.29) is 0 Å². The lowest BCUT2D eigenvalue weighted by Crippen LogP contribution is -2.07. The van der Waals surface area contributed by atoms with Gasteiger partial charge >= 0.3 is 0 Å². The molecule has 0 amide bonds. The summed E-state index contributed by atoms with van der Waals surface area (Å²) in [5.74, 6) is 1.02. The van der Waals surface area contributed by atoms with E-state index in [1.165, 1.54) is 0 Å². The minimum absolute atomic E-state index is 0.368. The summed E-state index contributed by atoms with van der Waals surface area (Å²) in [6, 6.07) is 1.72. The second-order valence-corrected chi connectivity index (χ2v) is 4.32. The van der Waals surface area contributed by atoms with Gasteiger partial charge in [-0.25, -0.2) is 15.0 Å². The van der Waals surface area contributed by atoms with Crippen LogP contribution >= 0.6 is 11.6 Å². The first-order chi connectivity index (χ1) is 8.63. The second kappa shape index (κ2) is 3.95. The zero-order chi connectivity index (χ0) is 12.7. The van der Waals surface area contributed by atoms with Crippen LogP contribution in [0.25, 0.3) is 11.2 Å². The van der Waals surface area contributed by atoms with Crippen molar-refractivity contribution < 1.29 is 0 Å². The number of imidazole rings is 1. The highest BCUT2D eigenvalue weighted by Gasteiger charge is 2.12. The van der Waals surface area contributed by atoms with Crippen molar-refractivity contribution in [3.05, 3.63) is 29.4 Å². The lowest BCUT2D eigenvalue weighted by molar-refractivity contribution is 0.712. The molecule has 8 heteroatoms. The quantitative estimate of drug-likeness (QED) is 0.740. The molecule has 7 nitrogen and oxygen atoms in total. The zero-order valence-corrected chi connectivity index (χ0v) is 10.3. The van der Waals surface area contributed by atoms with Crippen LogP contribution in [-0.4, -0.2) is 29.3 Å². The molecule has 0 unspecified atom stereocenters. The topological polar surface area (TPSA) is 87.4 Å². The van der Waals surface area contributed by atoms with Crippen LogP contribution in [0.1, 0.15) is 5.82 Å². The molecule has 3 heterocycles. The van der Waals surface area contributed by atoms with Crippen molar-refractivity contribution >= 4 is 28.7 Å². The normalized spacial score (nSPS) is 11.2. The second-order valence-electron chi connectivity index (χ2n) is 3.89. The Bertz CT molecular complexity index is 714. The van der Waals surface area contributed by atoms with Gasteiger partial charge in [0, 0.05) is 13.2 Å². The van der Waals surface area contributed by atoms with E-state index in [9.17, 15) is 0 Å². The van der Waals surface area contributed by atoms with Gasteiger partial charge in [-0.3, -0.25) is 9.25 Å². The Balaban J connectivity index is 2.08. The number of nitrogens with two attached hydrogens (primary N) is 1. The van der Waals surface area contributed by atoms with Crippen LogP contribution in [0, 0.1) is 0 Å². The first-order valence-corrected chi connectivity index (χ1v) is 5.63. The molecule has 2 N–H and O–H groups in total. The van der Waals surface area contributed by atoms with Crippen LogP contribution in [0.4, 0.5) is 5.95 Å². The maximum atomic E-state index is 5.86. The van der Waals surface area contributed by atoms with E-state index in [0.717, 1.165) is 0 Å². The number of halogens is 1. The molecule has 3 aromatic heterocycles. The van der Waals surface area contributed by atoms with Gasteiger partial charge in [0.05, 0.1) is 11.6 Å². The first kappa shape index (κ1) is 11.0. The third kappa shape index (κ3) is 1.78. The molecule has 0 aliphatic carbocycles. The van der Waals surface area contributed by atoms with E-state index in [1.807, 2.05) is 7.05 Å². The number of pyridine rings is 1. The maximum Gasteiger partial charge on any atom is 0.202 e. The number of hydrogen-bond donors (Lipinski definition) is 1. The molecule has 0 aliphatic rings. The predicted octanol–water partition coefficient (Wildman–Crippen LogP) is 0.844. The van der Waals surface area contributed by atoms with Crippen molar-refractivity contribution in [2.45, 2.75) is 6.54 Å². The summed E-state index contributed by atoms with van der Waals surface area (Å²) in [6.45, 7) is 0.428. The Labute approximate surface area is 107 Å². The number of aryl methyl sites for hydroxylation is 1. The summed E-state index contributed by atoms with van der Waals surface area (Å²) in [4.78, 5) is 12.6. The maximum absolute atomic E-state index is 5.86. The molecule has 0 radical (unpaired) electrons. The van der Waals surface area contributed by atoms with E-state index >= 15 is 0 Å². The Morgan fingerprint density at radius 3 is 2.94 bits per heavy atom. The fourth-order valence-electron chi connectivity index (χ4n) is 1.76. The Morgan fingerprint density at radius 2 is 2.22 bits per heavy atom. The lowest BCUT2D eigenvalue weighted by Gasteiger charge is -2.01. The standard InChI is InChI=1S/C10H10ClN7/c1-17-5-14-8(16-17)4-18-9-7(15-10(18)12)2-6(11)3-13-9/h2-3,5H,4H2,1H3,(H2,12,15). The third-order valence-corrected chi connectivity index (χ3v) is 2.73. The van der Waals surface area contributed by atoms with E-state index in [1.54, 1.807) is 27.8 Å². The fourth-order valence-corrected chi connectivity index (χ4v) is 1.91. The Hall–Kier alpha value is -2.15. The summed E-state index contributed by atoms with van der Waals surface area (Å²) in [5, 5.41) is 4.73. The number of nitrogen functional groups attached to an aromatic ring is 1. The summed E-state index contributed by atoms with van der Waals surface area (Å²) in [7, 11) is 1.81. The fraction of sp³-hybridized carbons (Fsp3) is 0.200. The highest BCUT2D eigenvalue weighted by atomic mass is 35.5. The van der Waals surface area contributed by atoms with Crippen LogP contribution in [0.3, 0.4) is 0 Å². The highest BCUT2D eigenvalue weighted by Crippen LogP contribution is 2.19. The molecule has 0 aliphatic heterocycles. The van der Waals surface area contributed by atoms with Crippen LogP contribution in [-0.2, 0) is 13.6 Å². The van der Waals surface area contributed by atoms with Gasteiger partial charge in [-0.15, -0.1) is 0 Å². The van der Waals surface area contributed by atoms with Gasteiger partial charge in [0.2, 0.25) is 5.95 Å². The smallest absolute Gasteiger partial charge is 0.202 e. The Kier molecular flexibility index (Phi) is 2.41. The summed E-state index contributed by atoms with van der Waals surface area (Å²) >= 11 is 5.86. The highest BCUT2D eigenvalue weighted by molar-refractivity contribution is 6.31. The lowest BCUT2D eigenvalue weighted by atomic mass is 10.4. The van der Waals surface area contributed by atoms with Crippen molar-refractivity contribution in [3.8, 4) is 0 Å². The number of fused-ring (bicyclic) bond motifs is 1. The summed E-state index contributed by atoms with van der Waals surface area (Å²) in [5.41, 5.74) is 7.20. The number of rotatable bonds is 2. The molecule has 0 saturated carbocycles. The van der Waals surface area contributed by atoms with Crippen molar-refractivity contribution in [1.82, 2.24) is 29.3 Å².